The molecular formula is C29H39F3N3O11S+. The molecule has 0 radical (unpaired) electrons. The van der Waals surface area contributed by atoms with Crippen molar-refractivity contribution in [2.75, 3.05) is 20.2 Å². The lowest BCUT2D eigenvalue weighted by Gasteiger charge is -2.49. The minimum absolute atomic E-state index is 0.0513. The van der Waals surface area contributed by atoms with Crippen molar-refractivity contribution in [2.24, 2.45) is 11.7 Å². The summed E-state index contributed by atoms with van der Waals surface area (Å²) in [6.07, 6.45) is -9.15. The van der Waals surface area contributed by atoms with E-state index >= 15 is 0 Å². The fraction of sp³-hybridized carbons (Fsp3) is 0.552. The number of hydrogen-bond donors (Lipinski definition) is 8. The standard InChI is InChI=1S/C29H38F3N3O11S/c1-25(2,38)27(33,40)35(3,47-19-11-9-18(10-12-19)44-29(30,31)32)16-22(36)21(15-17-7-5-4-6-8-17)34-24(37)46-26(39)20-13-14-43-23(20)45-28(26,41)42/h4-12,20-23,36,38-42H,13-16,33H2,1-3H3/p+1. The highest BCUT2D eigenvalue weighted by Gasteiger charge is 2.70. The van der Waals surface area contributed by atoms with Gasteiger partial charge in [0.25, 0.3) is 5.85 Å². The number of ether oxygens (including phenoxy) is 4. The third-order valence-electron chi connectivity index (χ3n) is 8.12. The number of hydrogen-bond acceptors (Lipinski definition) is 13. The minimum atomic E-state index is -4.92. The van der Waals surface area contributed by atoms with E-state index in [2.05, 4.69) is 10.1 Å². The Morgan fingerprint density at radius 1 is 1.13 bits per heavy atom. The van der Waals surface area contributed by atoms with Crippen LogP contribution in [0.1, 0.15) is 25.8 Å². The molecule has 7 atom stereocenters. The van der Waals surface area contributed by atoms with Crippen molar-refractivity contribution in [3.8, 4) is 5.75 Å². The van der Waals surface area contributed by atoms with Crippen LogP contribution in [0.2, 0.25) is 0 Å². The van der Waals surface area contributed by atoms with Gasteiger partial charge in [0.05, 0.1) is 30.5 Å². The first-order valence-corrected chi connectivity index (χ1v) is 15.2. The number of likely N-dealkylation sites (N-methyl/N-ethyl adjacent to an activating group) is 1. The normalized spacial score (nSPS) is 26.4. The van der Waals surface area contributed by atoms with E-state index in [1.54, 1.807) is 30.3 Å². The number of carbonyl (C=O) groups excluding carboxylic acids is 1. The fourth-order valence-corrected chi connectivity index (χ4v) is 6.72. The minimum Gasteiger partial charge on any atom is -0.407 e. The zero-order valence-corrected chi connectivity index (χ0v) is 26.4. The topological polar surface area (TPSA) is 213 Å². The Bertz CT molecular complexity index is 1380. The molecule has 14 nitrogen and oxygen atoms in total. The van der Waals surface area contributed by atoms with Crippen LogP contribution in [0, 0.1) is 5.92 Å². The smallest absolute Gasteiger partial charge is 0.407 e. The van der Waals surface area contributed by atoms with Crippen LogP contribution in [0.25, 0.3) is 0 Å². The third-order valence-corrected chi connectivity index (χ3v) is 9.44. The molecule has 2 aromatic carbocycles. The van der Waals surface area contributed by atoms with E-state index in [1.807, 2.05) is 0 Å². The Kier molecular flexibility index (Phi) is 10.5. The Hall–Kier alpha value is -2.75. The molecule has 0 saturated carbocycles. The lowest BCUT2D eigenvalue weighted by Crippen LogP contribution is -2.75. The molecule has 2 aliphatic heterocycles. The maximum absolute atomic E-state index is 13.2. The van der Waals surface area contributed by atoms with E-state index in [0.29, 0.717) is 5.56 Å². The average Bonchev–Trinajstić information content (AvgIpc) is 3.47. The van der Waals surface area contributed by atoms with Gasteiger partial charge in [-0.2, -0.15) is 0 Å². The molecule has 9 N–H and O–H groups in total. The maximum atomic E-state index is 13.2. The number of halogens is 3. The summed E-state index contributed by atoms with van der Waals surface area (Å²) in [6.45, 7) is 2.02. The van der Waals surface area contributed by atoms with Gasteiger partial charge in [-0.05, 0) is 56.5 Å². The second kappa shape index (κ2) is 13.3. The number of aliphatic hydroxyl groups is 6. The number of alkyl halides is 3. The first-order valence-electron chi connectivity index (χ1n) is 14.4. The number of aliphatic hydroxyl groups excluding tert-OH is 1. The van der Waals surface area contributed by atoms with Gasteiger partial charge in [0.2, 0.25) is 0 Å². The van der Waals surface area contributed by atoms with Gasteiger partial charge in [0, 0.05) is 0 Å². The van der Waals surface area contributed by atoms with Gasteiger partial charge in [-0.25, -0.2) is 8.68 Å². The first-order chi connectivity index (χ1) is 21.6. The van der Waals surface area contributed by atoms with E-state index in [9.17, 15) is 48.6 Å². The van der Waals surface area contributed by atoms with Crippen LogP contribution in [0.4, 0.5) is 18.0 Å². The van der Waals surface area contributed by atoms with Crippen molar-refractivity contribution in [1.82, 2.24) is 5.32 Å². The summed E-state index contributed by atoms with van der Waals surface area (Å²) < 4.78 is 56.3. The molecule has 2 aliphatic rings. The number of quaternary nitrogens is 1. The lowest BCUT2D eigenvalue weighted by atomic mass is 9.97. The predicted molar refractivity (Wildman–Crippen MR) is 156 cm³/mol. The molecule has 2 fully saturated rings. The Labute approximate surface area is 272 Å². The molecule has 0 bridgehead atoms. The van der Waals surface area contributed by atoms with Gasteiger partial charge >= 0.3 is 24.2 Å². The number of nitrogens with two attached hydrogens (primary N) is 1. The molecule has 2 saturated heterocycles. The van der Waals surface area contributed by atoms with Gasteiger partial charge in [0.1, 0.15) is 30.3 Å². The molecule has 0 aliphatic carbocycles. The maximum Gasteiger partial charge on any atom is 0.573 e. The molecule has 1 amide bonds. The monoisotopic (exact) mass is 694 g/mol. The Balaban J connectivity index is 1.61. The largest absolute Gasteiger partial charge is 0.573 e. The van der Waals surface area contributed by atoms with Gasteiger partial charge in [-0.3, -0.25) is 10.5 Å². The first kappa shape index (κ1) is 37.1. The highest BCUT2D eigenvalue weighted by atomic mass is 32.2. The Morgan fingerprint density at radius 3 is 2.32 bits per heavy atom. The summed E-state index contributed by atoms with van der Waals surface area (Å²) in [5, 5.41) is 68.0. The van der Waals surface area contributed by atoms with E-state index in [4.69, 9.17) is 19.9 Å². The van der Waals surface area contributed by atoms with E-state index in [0.717, 1.165) is 24.1 Å². The van der Waals surface area contributed by atoms with E-state index < -0.39 is 76.2 Å². The summed E-state index contributed by atoms with van der Waals surface area (Å²) in [5.41, 5.74) is 4.89. The average molecular weight is 695 g/mol. The van der Waals surface area contributed by atoms with Gasteiger partial charge in [0.15, 0.2) is 11.9 Å². The van der Waals surface area contributed by atoms with Crippen LogP contribution in [0.15, 0.2) is 59.5 Å². The number of carbonyl (C=O) groups is 1. The van der Waals surface area contributed by atoms with Crippen LogP contribution in [-0.2, 0) is 20.6 Å². The number of nitrogens with one attached hydrogen (secondary N) is 1. The lowest BCUT2D eigenvalue weighted by molar-refractivity contribution is -0.879. The third kappa shape index (κ3) is 8.11. The molecular weight excluding hydrogens is 655 g/mol. The molecule has 7 unspecified atom stereocenters. The Morgan fingerprint density at radius 2 is 1.74 bits per heavy atom. The van der Waals surface area contributed by atoms with Crippen molar-refractivity contribution in [2.45, 2.75) is 79.6 Å². The summed E-state index contributed by atoms with van der Waals surface area (Å²) in [5.74, 6) is -10.4. The van der Waals surface area contributed by atoms with Gasteiger partial charge < -0.3 is 50.2 Å². The highest BCUT2D eigenvalue weighted by molar-refractivity contribution is 7.93. The van der Waals surface area contributed by atoms with E-state index in [-0.39, 0.29) is 24.3 Å². The van der Waals surface area contributed by atoms with Crippen molar-refractivity contribution < 1.29 is 71.4 Å². The number of alkyl carbamates (subject to hydrolysis) is 1. The van der Waals surface area contributed by atoms with Crippen molar-refractivity contribution >= 4 is 18.0 Å². The second-order valence-electron chi connectivity index (χ2n) is 12.1. The van der Waals surface area contributed by atoms with Crippen LogP contribution >= 0.6 is 11.9 Å². The number of amides is 1. The van der Waals surface area contributed by atoms with Crippen LogP contribution in [-0.4, -0.2) is 109 Å². The molecule has 2 aromatic rings. The zero-order chi connectivity index (χ0) is 35.1. The predicted octanol–water partition coefficient (Wildman–Crippen LogP) is 0.833. The molecule has 4 rings (SSSR count). The highest BCUT2D eigenvalue weighted by Crippen LogP contribution is 2.47. The molecule has 18 heteroatoms. The zero-order valence-electron chi connectivity index (χ0n) is 25.6. The van der Waals surface area contributed by atoms with Crippen LogP contribution in [0.3, 0.4) is 0 Å². The molecule has 47 heavy (non-hydrogen) atoms. The molecule has 2 heterocycles. The quantitative estimate of drug-likeness (QED) is 0.0880. The summed E-state index contributed by atoms with van der Waals surface area (Å²) in [4.78, 5) is 13.4. The summed E-state index contributed by atoms with van der Waals surface area (Å²) >= 11 is 0.783. The summed E-state index contributed by atoms with van der Waals surface area (Å²) in [6, 6.07) is 11.9. The van der Waals surface area contributed by atoms with Gasteiger partial charge in [-0.1, -0.05) is 30.3 Å². The van der Waals surface area contributed by atoms with Crippen molar-refractivity contribution in [3.63, 3.8) is 0 Å². The van der Waals surface area contributed by atoms with Crippen molar-refractivity contribution in [3.05, 3.63) is 60.2 Å². The van der Waals surface area contributed by atoms with Crippen LogP contribution in [0.5, 0.6) is 5.75 Å². The van der Waals surface area contributed by atoms with Crippen molar-refractivity contribution in [1.29, 1.82) is 0 Å². The second-order valence-corrected chi connectivity index (χ2v) is 13.6. The van der Waals surface area contributed by atoms with Crippen LogP contribution < -0.4 is 15.8 Å². The summed E-state index contributed by atoms with van der Waals surface area (Å²) in [7, 11) is 1.36. The number of nitrogens with zero attached hydrogens (tertiary/aromatic N) is 1. The van der Waals surface area contributed by atoms with E-state index in [1.165, 1.54) is 33.0 Å². The number of benzene rings is 2. The molecule has 0 aromatic heterocycles. The SMILES string of the molecule is CC(C)(O)C(N)(O)[N+](C)(CC(O)C(Cc1ccccc1)NC(=O)OC1(O)C2CCOC2OC1(O)O)Sc1ccc(OC(F)(F)F)cc1. The molecule has 0 spiro atoms. The van der Waals surface area contributed by atoms with Gasteiger partial charge in [-0.15, -0.1) is 13.2 Å². The fourth-order valence-electron chi connectivity index (χ4n) is 5.41. The molecule has 262 valence electrons. The number of fused-ring (bicyclic) bond motifs is 1. The number of rotatable bonds is 12.